The van der Waals surface area contributed by atoms with Crippen LogP contribution >= 0.6 is 11.6 Å². The molecule has 160 valence electrons. The Kier molecular flexibility index (Phi) is 6.49. The summed E-state index contributed by atoms with van der Waals surface area (Å²) in [5.41, 5.74) is 2.95. The molecule has 1 unspecified atom stereocenters. The summed E-state index contributed by atoms with van der Waals surface area (Å²) in [5.74, 6) is 1.41. The molecule has 7 heteroatoms. The molecule has 1 atom stereocenters. The van der Waals surface area contributed by atoms with Crippen molar-refractivity contribution in [1.29, 1.82) is 0 Å². The Bertz CT molecular complexity index is 1090. The summed E-state index contributed by atoms with van der Waals surface area (Å²) in [4.78, 5) is 24.3. The Morgan fingerprint density at radius 2 is 2.10 bits per heavy atom. The zero-order valence-corrected chi connectivity index (χ0v) is 18.4. The van der Waals surface area contributed by atoms with E-state index in [0.29, 0.717) is 22.7 Å². The SMILES string of the molecule is COc1ccccc1NC(=O)c1cnc(C2CCN(Cc3cccc(Cl)c3)C2)nc1C. The fourth-order valence-corrected chi connectivity index (χ4v) is 4.14. The number of carbonyl (C=O) groups is 1. The third-order valence-corrected chi connectivity index (χ3v) is 5.77. The van der Waals surface area contributed by atoms with Crippen LogP contribution in [0.4, 0.5) is 5.69 Å². The number of hydrogen-bond donors (Lipinski definition) is 1. The first kappa shape index (κ1) is 21.3. The van der Waals surface area contributed by atoms with Crippen molar-refractivity contribution in [3.63, 3.8) is 0 Å². The quantitative estimate of drug-likeness (QED) is 0.607. The molecule has 2 heterocycles. The van der Waals surface area contributed by atoms with Gasteiger partial charge in [0, 0.05) is 30.2 Å². The normalized spacial score (nSPS) is 16.3. The van der Waals surface area contributed by atoms with Crippen molar-refractivity contribution in [1.82, 2.24) is 14.9 Å². The van der Waals surface area contributed by atoms with Crippen molar-refractivity contribution in [3.05, 3.63) is 82.4 Å². The molecule has 1 amide bonds. The zero-order valence-electron chi connectivity index (χ0n) is 17.6. The van der Waals surface area contributed by atoms with Gasteiger partial charge in [-0.3, -0.25) is 9.69 Å². The highest BCUT2D eigenvalue weighted by atomic mass is 35.5. The molecule has 1 N–H and O–H groups in total. The van der Waals surface area contributed by atoms with E-state index < -0.39 is 0 Å². The van der Waals surface area contributed by atoms with Crippen LogP contribution in [0, 0.1) is 6.92 Å². The molecule has 2 aromatic carbocycles. The second-order valence-electron chi connectivity index (χ2n) is 7.73. The van der Waals surface area contributed by atoms with Gasteiger partial charge >= 0.3 is 0 Å². The molecule has 0 radical (unpaired) electrons. The van der Waals surface area contributed by atoms with Gasteiger partial charge in [-0.25, -0.2) is 9.97 Å². The van der Waals surface area contributed by atoms with Crippen LogP contribution in [0.5, 0.6) is 5.75 Å². The van der Waals surface area contributed by atoms with E-state index in [-0.39, 0.29) is 11.8 Å². The van der Waals surface area contributed by atoms with E-state index in [4.69, 9.17) is 16.3 Å². The van der Waals surface area contributed by atoms with Gasteiger partial charge < -0.3 is 10.1 Å². The van der Waals surface area contributed by atoms with Gasteiger partial charge in [0.15, 0.2) is 0 Å². The van der Waals surface area contributed by atoms with Gasteiger partial charge in [0.2, 0.25) is 0 Å². The minimum Gasteiger partial charge on any atom is -0.495 e. The molecule has 0 spiro atoms. The number of para-hydroxylation sites is 2. The van der Waals surface area contributed by atoms with Crippen LogP contribution in [-0.4, -0.2) is 41.0 Å². The average molecular weight is 437 g/mol. The fraction of sp³-hybridized carbons (Fsp3) is 0.292. The van der Waals surface area contributed by atoms with Crippen LogP contribution in [-0.2, 0) is 6.54 Å². The maximum atomic E-state index is 12.8. The smallest absolute Gasteiger partial charge is 0.259 e. The summed E-state index contributed by atoms with van der Waals surface area (Å²) in [5, 5.41) is 3.64. The molecule has 0 saturated carbocycles. The van der Waals surface area contributed by atoms with Crippen molar-refractivity contribution in [2.24, 2.45) is 0 Å². The molecular formula is C24H25ClN4O2. The van der Waals surface area contributed by atoms with E-state index in [1.54, 1.807) is 25.4 Å². The van der Waals surface area contributed by atoms with Gasteiger partial charge in [-0.05, 0) is 49.7 Å². The van der Waals surface area contributed by atoms with E-state index in [1.165, 1.54) is 5.56 Å². The monoisotopic (exact) mass is 436 g/mol. The summed E-state index contributed by atoms with van der Waals surface area (Å²) in [6.45, 7) is 4.57. The van der Waals surface area contributed by atoms with Crippen molar-refractivity contribution in [3.8, 4) is 5.75 Å². The first-order valence-corrected chi connectivity index (χ1v) is 10.7. The number of likely N-dealkylation sites (tertiary alicyclic amines) is 1. The second kappa shape index (κ2) is 9.45. The molecule has 6 nitrogen and oxygen atoms in total. The Labute approximate surface area is 187 Å². The van der Waals surface area contributed by atoms with Crippen LogP contribution in [0.2, 0.25) is 5.02 Å². The highest BCUT2D eigenvalue weighted by Crippen LogP contribution is 2.27. The third kappa shape index (κ3) is 5.03. The standard InChI is InChI=1S/C24H25ClN4O2/c1-16-20(24(30)28-21-8-3-4-9-22(21)31-2)13-26-23(27-16)18-10-11-29(15-18)14-17-6-5-7-19(25)12-17/h3-9,12-13,18H,10-11,14-15H2,1-2H3,(H,28,30). The number of halogens is 1. The van der Waals surface area contributed by atoms with Crippen molar-refractivity contribution >= 4 is 23.2 Å². The maximum absolute atomic E-state index is 12.8. The summed E-state index contributed by atoms with van der Waals surface area (Å²) in [6.07, 6.45) is 2.62. The lowest BCUT2D eigenvalue weighted by molar-refractivity contribution is 0.102. The number of methoxy groups -OCH3 is 1. The Balaban J connectivity index is 1.42. The van der Waals surface area contributed by atoms with E-state index in [2.05, 4.69) is 26.3 Å². The van der Waals surface area contributed by atoms with Crippen molar-refractivity contribution in [2.45, 2.75) is 25.8 Å². The molecule has 1 fully saturated rings. The van der Waals surface area contributed by atoms with Gasteiger partial charge in [-0.2, -0.15) is 0 Å². The van der Waals surface area contributed by atoms with Crippen LogP contribution in [0.3, 0.4) is 0 Å². The maximum Gasteiger partial charge on any atom is 0.259 e. The number of rotatable bonds is 6. The number of benzene rings is 2. The Morgan fingerprint density at radius 1 is 1.26 bits per heavy atom. The summed E-state index contributed by atoms with van der Waals surface area (Å²) in [6, 6.07) is 15.3. The van der Waals surface area contributed by atoms with Crippen LogP contribution in [0.1, 0.15) is 39.8 Å². The van der Waals surface area contributed by atoms with E-state index in [9.17, 15) is 4.79 Å². The van der Waals surface area contributed by atoms with Crippen molar-refractivity contribution < 1.29 is 9.53 Å². The van der Waals surface area contributed by atoms with E-state index in [0.717, 1.165) is 36.9 Å². The predicted molar refractivity (Wildman–Crippen MR) is 122 cm³/mol. The first-order chi connectivity index (χ1) is 15.0. The number of carbonyl (C=O) groups excluding carboxylic acids is 1. The number of nitrogens with one attached hydrogen (secondary N) is 1. The lowest BCUT2D eigenvalue weighted by Crippen LogP contribution is -2.21. The molecular weight excluding hydrogens is 412 g/mol. The topological polar surface area (TPSA) is 67.3 Å². The first-order valence-electron chi connectivity index (χ1n) is 10.3. The lowest BCUT2D eigenvalue weighted by Gasteiger charge is -2.16. The number of aryl methyl sites for hydroxylation is 1. The van der Waals surface area contributed by atoms with Gasteiger partial charge in [0.25, 0.3) is 5.91 Å². The molecule has 4 rings (SSSR count). The number of anilines is 1. The average Bonchev–Trinajstić information content (AvgIpc) is 3.22. The molecule has 0 aliphatic carbocycles. The number of aromatic nitrogens is 2. The summed E-state index contributed by atoms with van der Waals surface area (Å²) in [7, 11) is 1.57. The number of amides is 1. The minimum absolute atomic E-state index is 0.248. The number of nitrogens with zero attached hydrogens (tertiary/aromatic N) is 3. The molecule has 1 aromatic heterocycles. The van der Waals surface area contributed by atoms with Crippen LogP contribution in [0.15, 0.2) is 54.7 Å². The zero-order chi connectivity index (χ0) is 21.8. The third-order valence-electron chi connectivity index (χ3n) is 5.53. The van der Waals surface area contributed by atoms with Gasteiger partial charge in [0.05, 0.1) is 24.1 Å². The highest BCUT2D eigenvalue weighted by molar-refractivity contribution is 6.30. The van der Waals surface area contributed by atoms with Gasteiger partial charge in [-0.1, -0.05) is 35.9 Å². The second-order valence-corrected chi connectivity index (χ2v) is 8.17. The predicted octanol–water partition coefficient (Wildman–Crippen LogP) is 4.69. The van der Waals surface area contributed by atoms with Crippen LogP contribution < -0.4 is 10.1 Å². The molecule has 0 bridgehead atoms. The number of ether oxygens (including phenoxy) is 1. The largest absolute Gasteiger partial charge is 0.495 e. The molecule has 1 aliphatic rings. The minimum atomic E-state index is -0.248. The van der Waals surface area contributed by atoms with E-state index in [1.807, 2.05) is 37.3 Å². The van der Waals surface area contributed by atoms with Gasteiger partial charge in [-0.15, -0.1) is 0 Å². The molecule has 31 heavy (non-hydrogen) atoms. The lowest BCUT2D eigenvalue weighted by atomic mass is 10.1. The van der Waals surface area contributed by atoms with Crippen LogP contribution in [0.25, 0.3) is 0 Å². The Morgan fingerprint density at radius 3 is 2.87 bits per heavy atom. The summed E-state index contributed by atoms with van der Waals surface area (Å²) >= 11 is 6.10. The van der Waals surface area contributed by atoms with Crippen molar-refractivity contribution in [2.75, 3.05) is 25.5 Å². The molecule has 1 saturated heterocycles. The highest BCUT2D eigenvalue weighted by Gasteiger charge is 2.27. The van der Waals surface area contributed by atoms with E-state index >= 15 is 0 Å². The molecule has 1 aliphatic heterocycles. The molecule has 3 aromatic rings. The number of hydrogen-bond acceptors (Lipinski definition) is 5. The summed E-state index contributed by atoms with van der Waals surface area (Å²) < 4.78 is 5.30. The Hall–Kier alpha value is -2.96. The van der Waals surface area contributed by atoms with Gasteiger partial charge in [0.1, 0.15) is 11.6 Å². The fourth-order valence-electron chi connectivity index (χ4n) is 3.92.